The zero-order valence-corrected chi connectivity index (χ0v) is 29.4. The molecule has 2 N–H and O–H groups in total. The minimum atomic E-state index is -0.649. The first-order valence-corrected chi connectivity index (χ1v) is 20.1. The normalized spacial score (nSPS) is 11.5. The number of unbranched alkanes of at least 4 members (excludes halogenated alkanes) is 36. The minimum Gasteiger partial charge on any atom is -0.481 e. The Kier molecular flexibility index (Phi) is 38.9. The molecule has 0 radical (unpaired) electrons. The van der Waals surface area contributed by atoms with Gasteiger partial charge in [0, 0.05) is 13.0 Å². The first kappa shape index (κ1) is 42.4. The summed E-state index contributed by atoms with van der Waals surface area (Å²) in [6.07, 6.45) is 51.5. The molecule has 0 amide bonds. The van der Waals surface area contributed by atoms with E-state index in [0.717, 1.165) is 19.3 Å². The molecule has 3 heteroatoms. The molecule has 43 heavy (non-hydrogen) atoms. The Balaban J connectivity index is 3.03. The lowest BCUT2D eigenvalue weighted by molar-refractivity contribution is -0.137. The maximum atomic E-state index is 10.5. The van der Waals surface area contributed by atoms with Crippen molar-refractivity contribution >= 4 is 5.97 Å². The van der Waals surface area contributed by atoms with E-state index >= 15 is 0 Å². The molecule has 0 aromatic heterocycles. The summed E-state index contributed by atoms with van der Waals surface area (Å²) in [5, 5.41) is 17.4. The van der Waals surface area contributed by atoms with Crippen molar-refractivity contribution in [3.8, 4) is 0 Å². The molecule has 0 rings (SSSR count). The second kappa shape index (κ2) is 39.5. The summed E-state index contributed by atoms with van der Waals surface area (Å²) in [6.45, 7) is 0.369. The van der Waals surface area contributed by atoms with Gasteiger partial charge in [-0.15, -0.1) is 0 Å². The average Bonchev–Trinajstić information content (AvgIpc) is 3.00. The molecule has 0 aliphatic heterocycles. The van der Waals surface area contributed by atoms with E-state index in [2.05, 4.69) is 0 Å². The van der Waals surface area contributed by atoms with Crippen molar-refractivity contribution in [2.45, 2.75) is 244 Å². The number of carboxylic acids is 1. The van der Waals surface area contributed by atoms with Crippen LogP contribution in [-0.4, -0.2) is 22.8 Å². The summed E-state index contributed by atoms with van der Waals surface area (Å²) < 4.78 is 0. The third-order valence-electron chi connectivity index (χ3n) is 9.55. The van der Waals surface area contributed by atoms with Crippen molar-refractivity contribution < 1.29 is 15.0 Å². The number of aliphatic carboxylic acids is 1. The van der Waals surface area contributed by atoms with Crippen LogP contribution >= 0.6 is 0 Å². The van der Waals surface area contributed by atoms with E-state index in [-0.39, 0.29) is 0 Å². The SMILES string of the molecule is O=C(O)CCCCCCCCCCCCCCCCCCCCCCCCCCCCCCCCCCCCCCCO. The Hall–Kier alpha value is -0.570. The van der Waals surface area contributed by atoms with Gasteiger partial charge < -0.3 is 10.2 Å². The van der Waals surface area contributed by atoms with Gasteiger partial charge in [0.25, 0.3) is 0 Å². The third kappa shape index (κ3) is 41.4. The molecule has 0 aliphatic rings. The predicted octanol–water partition coefficient (Wildman–Crippen LogP) is 13.9. The van der Waals surface area contributed by atoms with Crippen molar-refractivity contribution in [3.05, 3.63) is 0 Å². The second-order valence-electron chi connectivity index (χ2n) is 13.9. The molecule has 0 aromatic carbocycles. The monoisotopic (exact) mass is 609 g/mol. The number of rotatable bonds is 39. The molecule has 0 aliphatic carbocycles. The Morgan fingerprint density at radius 1 is 0.256 bits per heavy atom. The summed E-state index contributed by atoms with van der Waals surface area (Å²) in [5.74, 6) is -0.649. The van der Waals surface area contributed by atoms with E-state index in [1.165, 1.54) is 218 Å². The van der Waals surface area contributed by atoms with Crippen LogP contribution in [0.4, 0.5) is 0 Å². The van der Waals surface area contributed by atoms with Crippen molar-refractivity contribution in [2.75, 3.05) is 6.61 Å². The number of hydrogen-bond acceptors (Lipinski definition) is 2. The maximum Gasteiger partial charge on any atom is 0.303 e. The van der Waals surface area contributed by atoms with Crippen LogP contribution in [0.3, 0.4) is 0 Å². The lowest BCUT2D eigenvalue weighted by Crippen LogP contribution is -1.93. The molecule has 0 spiro atoms. The fourth-order valence-corrected chi connectivity index (χ4v) is 6.58. The molecule has 0 atom stereocenters. The van der Waals surface area contributed by atoms with Gasteiger partial charge in [0.1, 0.15) is 0 Å². The zero-order chi connectivity index (χ0) is 31.2. The van der Waals surface area contributed by atoms with Gasteiger partial charge in [0.15, 0.2) is 0 Å². The van der Waals surface area contributed by atoms with Gasteiger partial charge in [-0.05, 0) is 12.8 Å². The highest BCUT2D eigenvalue weighted by Gasteiger charge is 1.99. The summed E-state index contributed by atoms with van der Waals surface area (Å²) >= 11 is 0. The fraction of sp³-hybridized carbons (Fsp3) is 0.975. The summed E-state index contributed by atoms with van der Waals surface area (Å²) in [4.78, 5) is 10.5. The van der Waals surface area contributed by atoms with Gasteiger partial charge >= 0.3 is 5.97 Å². The van der Waals surface area contributed by atoms with Gasteiger partial charge in [-0.2, -0.15) is 0 Å². The highest BCUT2D eigenvalue weighted by Crippen LogP contribution is 2.17. The molecular formula is C40H80O3. The quantitative estimate of drug-likeness (QED) is 0.0682. The number of carboxylic acid groups (broad SMARTS) is 1. The molecule has 258 valence electrons. The standard InChI is InChI=1S/C40H80O3/c41-39-37-35-33-31-29-27-25-23-21-19-17-15-13-11-9-7-5-3-1-2-4-6-8-10-12-14-16-18-20-22-24-26-28-30-32-34-36-38-40(42)43/h41H,1-39H2,(H,42,43). The van der Waals surface area contributed by atoms with Crippen LogP contribution in [0, 0.1) is 0 Å². The summed E-state index contributed by atoms with van der Waals surface area (Å²) in [7, 11) is 0. The van der Waals surface area contributed by atoms with E-state index in [4.69, 9.17) is 10.2 Å². The summed E-state index contributed by atoms with van der Waals surface area (Å²) in [5.41, 5.74) is 0. The molecule has 0 fully saturated rings. The Labute approximate surface area is 271 Å². The van der Waals surface area contributed by atoms with E-state index < -0.39 is 5.97 Å². The van der Waals surface area contributed by atoms with Crippen LogP contribution in [0.5, 0.6) is 0 Å². The molecule has 0 saturated carbocycles. The molecule has 0 aromatic rings. The molecule has 0 unspecified atom stereocenters. The van der Waals surface area contributed by atoms with Crippen molar-refractivity contribution in [2.24, 2.45) is 0 Å². The Morgan fingerprint density at radius 2 is 0.395 bits per heavy atom. The molecular weight excluding hydrogens is 528 g/mol. The minimum absolute atomic E-state index is 0.344. The van der Waals surface area contributed by atoms with Crippen molar-refractivity contribution in [1.29, 1.82) is 0 Å². The zero-order valence-electron chi connectivity index (χ0n) is 29.4. The molecule has 0 bridgehead atoms. The number of hydrogen-bond donors (Lipinski definition) is 2. The van der Waals surface area contributed by atoms with Crippen molar-refractivity contribution in [3.63, 3.8) is 0 Å². The lowest BCUT2D eigenvalue weighted by atomic mass is 10.0. The summed E-state index contributed by atoms with van der Waals surface area (Å²) in [6, 6.07) is 0. The number of aliphatic hydroxyl groups is 1. The van der Waals surface area contributed by atoms with Gasteiger partial charge in [-0.1, -0.05) is 225 Å². The van der Waals surface area contributed by atoms with Crippen LogP contribution in [0.15, 0.2) is 0 Å². The van der Waals surface area contributed by atoms with Gasteiger partial charge in [-0.3, -0.25) is 4.79 Å². The maximum absolute atomic E-state index is 10.5. The van der Waals surface area contributed by atoms with Gasteiger partial charge in [0.2, 0.25) is 0 Å². The average molecular weight is 609 g/mol. The van der Waals surface area contributed by atoms with E-state index in [1.54, 1.807) is 0 Å². The Bertz CT molecular complexity index is 506. The van der Waals surface area contributed by atoms with E-state index in [9.17, 15) is 4.79 Å². The Morgan fingerprint density at radius 3 is 0.535 bits per heavy atom. The second-order valence-corrected chi connectivity index (χ2v) is 13.9. The van der Waals surface area contributed by atoms with Crippen molar-refractivity contribution in [1.82, 2.24) is 0 Å². The number of carbonyl (C=O) groups is 1. The predicted molar refractivity (Wildman–Crippen MR) is 190 cm³/mol. The molecule has 3 nitrogen and oxygen atoms in total. The van der Waals surface area contributed by atoms with Crippen LogP contribution in [0.2, 0.25) is 0 Å². The number of aliphatic hydroxyl groups excluding tert-OH is 1. The third-order valence-corrected chi connectivity index (χ3v) is 9.55. The topological polar surface area (TPSA) is 57.5 Å². The first-order valence-electron chi connectivity index (χ1n) is 20.1. The largest absolute Gasteiger partial charge is 0.481 e. The first-order chi connectivity index (χ1) is 21.3. The van der Waals surface area contributed by atoms with Crippen LogP contribution in [0.1, 0.15) is 244 Å². The smallest absolute Gasteiger partial charge is 0.303 e. The fourth-order valence-electron chi connectivity index (χ4n) is 6.58. The van der Waals surface area contributed by atoms with Gasteiger partial charge in [0.05, 0.1) is 0 Å². The van der Waals surface area contributed by atoms with Crippen LogP contribution in [0.25, 0.3) is 0 Å². The van der Waals surface area contributed by atoms with E-state index in [1.807, 2.05) is 0 Å². The highest BCUT2D eigenvalue weighted by atomic mass is 16.4. The van der Waals surface area contributed by atoms with Gasteiger partial charge in [-0.25, -0.2) is 0 Å². The van der Waals surface area contributed by atoms with Crippen LogP contribution < -0.4 is 0 Å². The molecule has 0 heterocycles. The molecule has 0 saturated heterocycles. The lowest BCUT2D eigenvalue weighted by Gasteiger charge is -2.05. The van der Waals surface area contributed by atoms with Crippen LogP contribution in [-0.2, 0) is 4.79 Å². The van der Waals surface area contributed by atoms with E-state index in [0.29, 0.717) is 13.0 Å². The highest BCUT2D eigenvalue weighted by molar-refractivity contribution is 5.66.